The van der Waals surface area contributed by atoms with Crippen molar-refractivity contribution in [3.05, 3.63) is 11.6 Å². The molecule has 0 bridgehead atoms. The van der Waals surface area contributed by atoms with E-state index in [0.717, 1.165) is 5.57 Å². The Morgan fingerprint density at radius 1 is 0.917 bits per heavy atom. The van der Waals surface area contributed by atoms with Gasteiger partial charge in [0, 0.05) is 5.92 Å². The van der Waals surface area contributed by atoms with Crippen molar-refractivity contribution < 1.29 is 59.9 Å². The molecule has 0 unspecified atom stereocenters. The molecule has 0 spiro atoms. The molecule has 6 rings (SSSR count). The van der Waals surface area contributed by atoms with Crippen LogP contribution in [-0.2, 0) is 19.1 Å². The van der Waals surface area contributed by atoms with Crippen molar-refractivity contribution in [1.82, 2.24) is 0 Å². The number of carboxylic acids is 1. The number of aliphatic hydroxyl groups is 7. The molecule has 0 amide bonds. The molecule has 272 valence electrons. The average Bonchev–Trinajstić information content (AvgIpc) is 3.02. The number of fused-ring (bicyclic) bond motifs is 7. The molecule has 6 aliphatic rings. The molecule has 12 nitrogen and oxygen atoms in total. The Morgan fingerprint density at radius 3 is 2.19 bits per heavy atom. The minimum absolute atomic E-state index is 0.0595. The van der Waals surface area contributed by atoms with E-state index < -0.39 is 94.6 Å². The lowest BCUT2D eigenvalue weighted by Gasteiger charge is -2.71. The zero-order valence-electron chi connectivity index (χ0n) is 29.0. The van der Waals surface area contributed by atoms with Crippen molar-refractivity contribution in [3.63, 3.8) is 0 Å². The van der Waals surface area contributed by atoms with Crippen LogP contribution in [0.5, 0.6) is 0 Å². The lowest BCUT2D eigenvalue weighted by Crippen LogP contribution is -2.70. The maximum absolute atomic E-state index is 14.2. The summed E-state index contributed by atoms with van der Waals surface area (Å²) in [7, 11) is 0. The fraction of sp³-hybridized carbons (Fsp3) is 0.889. The van der Waals surface area contributed by atoms with Gasteiger partial charge in [-0.05, 0) is 99.2 Å². The second-order valence-corrected chi connectivity index (χ2v) is 17.5. The third-order valence-electron chi connectivity index (χ3n) is 15.6. The Balaban J connectivity index is 1.37. The van der Waals surface area contributed by atoms with Crippen LogP contribution < -0.4 is 0 Å². The van der Waals surface area contributed by atoms with Gasteiger partial charge < -0.3 is 50.3 Å². The number of ether oxygens (including phenoxy) is 2. The monoisotopic (exact) mass is 680 g/mol. The number of esters is 1. The molecule has 1 saturated heterocycles. The van der Waals surface area contributed by atoms with Crippen LogP contribution in [0.15, 0.2) is 11.6 Å². The molecule has 0 aromatic carbocycles. The third-order valence-corrected chi connectivity index (χ3v) is 15.6. The molecule has 5 fully saturated rings. The van der Waals surface area contributed by atoms with Gasteiger partial charge in [0.25, 0.3) is 0 Å². The predicted octanol–water partition coefficient (Wildman–Crippen LogP) is 1.50. The van der Waals surface area contributed by atoms with Crippen LogP contribution in [0.25, 0.3) is 0 Å². The smallest absolute Gasteiger partial charge is 0.317 e. The Morgan fingerprint density at radius 2 is 1.56 bits per heavy atom. The van der Waals surface area contributed by atoms with E-state index in [9.17, 15) is 50.4 Å². The van der Waals surface area contributed by atoms with Crippen molar-refractivity contribution in [3.8, 4) is 0 Å². The Kier molecular flexibility index (Phi) is 8.61. The highest BCUT2D eigenvalue weighted by Crippen LogP contribution is 2.76. The zero-order chi connectivity index (χ0) is 35.6. The summed E-state index contributed by atoms with van der Waals surface area (Å²) in [6.07, 6.45) is -4.82. The number of carbonyl (C=O) groups is 2. The van der Waals surface area contributed by atoms with E-state index >= 15 is 0 Å². The summed E-state index contributed by atoms with van der Waals surface area (Å²) in [6, 6.07) is 0. The standard InChI is InChI=1S/C36H56O12/c1-17-23-18-7-8-21-31(2)15-19(38)27(42)35(6,30(45)48-28-26(41)25(40)24(39)20(16-37)47-28)22(31)9-10-33(21,4)32(18,3)11-13-36(23,29(43)44)14-12-34(17,5)46/h7,17,19-28,37-42,46H,8-16H2,1-6H3,(H,43,44)/t17-,19-,20-,21-,22-,23+,24+,25+,26-,27+,28+,31-,32-,33-,34+,35-,36-/m1/s1. The second kappa shape index (κ2) is 11.4. The van der Waals surface area contributed by atoms with Gasteiger partial charge in [0.15, 0.2) is 0 Å². The molecular weight excluding hydrogens is 624 g/mol. The SMILES string of the molecule is C[C@@H]1[C@H]2C3=CC[C@@H]4[C@@]5(C)C[C@@H](O)[C@H](O)[C@](C)(C(=O)O[C@@H]6O[C@H](CO)[C@H](O)[C@H](O)[C@H]6O)[C@@H]5CC[C@@]4(C)[C@]3(C)CC[C@@]2(C(=O)O)CC[C@]1(C)O. The maximum atomic E-state index is 14.2. The number of rotatable bonds is 4. The van der Waals surface area contributed by atoms with Crippen molar-refractivity contribution in [2.75, 3.05) is 6.61 Å². The average molecular weight is 681 g/mol. The van der Waals surface area contributed by atoms with Gasteiger partial charge in [-0.25, -0.2) is 0 Å². The summed E-state index contributed by atoms with van der Waals surface area (Å²) in [5.41, 5.74) is -3.94. The molecule has 0 aromatic rings. The molecule has 17 atom stereocenters. The summed E-state index contributed by atoms with van der Waals surface area (Å²) in [4.78, 5) is 27.2. The van der Waals surface area contributed by atoms with E-state index in [1.54, 1.807) is 6.92 Å². The van der Waals surface area contributed by atoms with Gasteiger partial charge in [0.05, 0.1) is 35.2 Å². The van der Waals surface area contributed by atoms with Crippen LogP contribution in [0.1, 0.15) is 92.9 Å². The van der Waals surface area contributed by atoms with Gasteiger partial charge in [-0.2, -0.15) is 0 Å². The van der Waals surface area contributed by atoms with E-state index in [-0.39, 0.29) is 29.6 Å². The number of carboxylic acid groups (broad SMARTS) is 1. The fourth-order valence-electron chi connectivity index (χ4n) is 12.3. The van der Waals surface area contributed by atoms with Gasteiger partial charge in [-0.1, -0.05) is 39.3 Å². The predicted molar refractivity (Wildman–Crippen MR) is 170 cm³/mol. The van der Waals surface area contributed by atoms with Gasteiger partial charge >= 0.3 is 11.9 Å². The molecule has 1 heterocycles. The quantitative estimate of drug-likeness (QED) is 0.157. The summed E-state index contributed by atoms with van der Waals surface area (Å²) in [5.74, 6) is -2.85. The minimum atomic E-state index is -1.81. The molecule has 4 saturated carbocycles. The number of carbonyl (C=O) groups excluding carboxylic acids is 1. The molecule has 0 aromatic heterocycles. The van der Waals surface area contributed by atoms with Gasteiger partial charge in [0.2, 0.25) is 6.29 Å². The Bertz CT molecular complexity index is 1350. The molecule has 8 N–H and O–H groups in total. The van der Waals surface area contributed by atoms with E-state index in [2.05, 4.69) is 26.8 Å². The first-order valence-corrected chi connectivity index (χ1v) is 17.7. The molecule has 0 radical (unpaired) electrons. The first kappa shape index (κ1) is 36.2. The van der Waals surface area contributed by atoms with Crippen molar-refractivity contribution in [1.29, 1.82) is 0 Å². The number of aliphatic hydroxyl groups excluding tert-OH is 6. The Hall–Kier alpha value is -1.64. The highest BCUT2D eigenvalue weighted by molar-refractivity contribution is 5.79. The van der Waals surface area contributed by atoms with Crippen LogP contribution >= 0.6 is 0 Å². The molecule has 48 heavy (non-hydrogen) atoms. The summed E-state index contributed by atoms with van der Waals surface area (Å²) in [6.45, 7) is 11.2. The highest BCUT2D eigenvalue weighted by Gasteiger charge is 2.73. The zero-order valence-corrected chi connectivity index (χ0v) is 29.0. The number of aliphatic carboxylic acids is 1. The minimum Gasteiger partial charge on any atom is -0.481 e. The van der Waals surface area contributed by atoms with Crippen LogP contribution in [0.3, 0.4) is 0 Å². The van der Waals surface area contributed by atoms with E-state index in [4.69, 9.17) is 9.47 Å². The lowest BCUT2D eigenvalue weighted by atomic mass is 9.33. The normalized spacial score (nSPS) is 56.4. The van der Waals surface area contributed by atoms with Crippen molar-refractivity contribution in [2.45, 2.75) is 141 Å². The number of allylic oxidation sites excluding steroid dienone is 2. The van der Waals surface area contributed by atoms with Crippen molar-refractivity contribution in [2.24, 2.45) is 50.7 Å². The van der Waals surface area contributed by atoms with E-state index in [0.29, 0.717) is 44.9 Å². The van der Waals surface area contributed by atoms with Crippen LogP contribution in [0.2, 0.25) is 0 Å². The Labute approximate surface area is 282 Å². The lowest BCUT2D eigenvalue weighted by molar-refractivity contribution is -0.303. The topological polar surface area (TPSA) is 214 Å². The molecule has 5 aliphatic carbocycles. The summed E-state index contributed by atoms with van der Waals surface area (Å²) < 4.78 is 11.1. The second-order valence-electron chi connectivity index (χ2n) is 17.5. The molecule has 1 aliphatic heterocycles. The largest absolute Gasteiger partial charge is 0.481 e. The van der Waals surface area contributed by atoms with Crippen LogP contribution in [0, 0.1) is 50.7 Å². The summed E-state index contributed by atoms with van der Waals surface area (Å²) in [5, 5.41) is 85.8. The highest BCUT2D eigenvalue weighted by atomic mass is 16.7. The summed E-state index contributed by atoms with van der Waals surface area (Å²) >= 11 is 0. The third kappa shape index (κ3) is 4.55. The van der Waals surface area contributed by atoms with Gasteiger partial charge in [-0.15, -0.1) is 0 Å². The van der Waals surface area contributed by atoms with Crippen LogP contribution in [0.4, 0.5) is 0 Å². The fourth-order valence-corrected chi connectivity index (χ4v) is 12.3. The maximum Gasteiger partial charge on any atom is 0.317 e. The number of hydrogen-bond acceptors (Lipinski definition) is 11. The molecule has 12 heteroatoms. The first-order chi connectivity index (χ1) is 22.2. The van der Waals surface area contributed by atoms with E-state index in [1.807, 2.05) is 13.8 Å². The van der Waals surface area contributed by atoms with Gasteiger partial charge in [-0.3, -0.25) is 9.59 Å². The van der Waals surface area contributed by atoms with Crippen molar-refractivity contribution >= 4 is 11.9 Å². The van der Waals surface area contributed by atoms with Crippen LogP contribution in [-0.4, -0.2) is 108 Å². The van der Waals surface area contributed by atoms with Gasteiger partial charge in [0.1, 0.15) is 24.4 Å². The van der Waals surface area contributed by atoms with E-state index in [1.165, 1.54) is 0 Å². The number of hydrogen-bond donors (Lipinski definition) is 8. The molecular formula is C36H56O12. The first-order valence-electron chi connectivity index (χ1n) is 17.7.